The molecule has 0 saturated heterocycles. The summed E-state index contributed by atoms with van der Waals surface area (Å²) in [6.07, 6.45) is 1.05. The zero-order chi connectivity index (χ0) is 15.2. The summed E-state index contributed by atoms with van der Waals surface area (Å²) in [7, 11) is 0.177. The Hall–Kier alpha value is -1.11. The summed E-state index contributed by atoms with van der Waals surface area (Å²) in [5.74, 6) is 0. The van der Waals surface area contributed by atoms with Crippen molar-refractivity contribution in [3.05, 3.63) is 24.3 Å². The molecule has 0 heterocycles. The highest BCUT2D eigenvalue weighted by Crippen LogP contribution is 2.13. The number of nitrogens with one attached hydrogen (secondary N) is 2. The standard InChI is InChI=1S/C14H25N3O2S/c1-12(2)17(4)11-5-10-16-13-6-8-14(9-7-13)20(18,19)15-3/h6-9,12,15-16H,5,10-11H2,1-4H3. The Morgan fingerprint density at radius 1 is 1.20 bits per heavy atom. The summed E-state index contributed by atoms with van der Waals surface area (Å²) in [6.45, 7) is 6.26. The van der Waals surface area contributed by atoms with Gasteiger partial charge in [0.25, 0.3) is 0 Å². The molecule has 20 heavy (non-hydrogen) atoms. The Balaban J connectivity index is 2.43. The maximum absolute atomic E-state index is 11.6. The fourth-order valence-electron chi connectivity index (χ4n) is 1.69. The first-order chi connectivity index (χ1) is 9.36. The average Bonchev–Trinajstić information content (AvgIpc) is 2.43. The third-order valence-electron chi connectivity index (χ3n) is 3.33. The van der Waals surface area contributed by atoms with Crippen LogP contribution in [0.5, 0.6) is 0 Å². The second-order valence-electron chi connectivity index (χ2n) is 5.09. The predicted octanol–water partition coefficient (Wildman–Crippen LogP) is 1.74. The van der Waals surface area contributed by atoms with Gasteiger partial charge >= 0.3 is 0 Å². The number of hydrogen-bond acceptors (Lipinski definition) is 4. The van der Waals surface area contributed by atoms with E-state index < -0.39 is 10.0 Å². The first kappa shape index (κ1) is 16.9. The molecule has 1 aromatic carbocycles. The van der Waals surface area contributed by atoms with Crippen LogP contribution in [0.4, 0.5) is 5.69 Å². The predicted molar refractivity (Wildman–Crippen MR) is 83.6 cm³/mol. The first-order valence-corrected chi connectivity index (χ1v) is 8.33. The van der Waals surface area contributed by atoms with E-state index in [1.165, 1.54) is 7.05 Å². The molecule has 0 spiro atoms. The van der Waals surface area contributed by atoms with Crippen molar-refractivity contribution in [3.8, 4) is 0 Å². The maximum Gasteiger partial charge on any atom is 0.240 e. The summed E-state index contributed by atoms with van der Waals surface area (Å²) >= 11 is 0. The molecule has 0 aromatic heterocycles. The van der Waals surface area contributed by atoms with Crippen molar-refractivity contribution in [2.45, 2.75) is 31.2 Å². The fourth-order valence-corrected chi connectivity index (χ4v) is 2.42. The lowest BCUT2D eigenvalue weighted by Gasteiger charge is -2.20. The van der Waals surface area contributed by atoms with E-state index in [9.17, 15) is 8.42 Å². The van der Waals surface area contributed by atoms with Crippen LogP contribution in [0.3, 0.4) is 0 Å². The highest BCUT2D eigenvalue weighted by atomic mass is 32.2. The summed E-state index contributed by atoms with van der Waals surface area (Å²) in [5.41, 5.74) is 0.937. The smallest absolute Gasteiger partial charge is 0.240 e. The summed E-state index contributed by atoms with van der Waals surface area (Å²) in [4.78, 5) is 2.58. The monoisotopic (exact) mass is 299 g/mol. The SMILES string of the molecule is CNS(=O)(=O)c1ccc(NCCCN(C)C(C)C)cc1. The van der Waals surface area contributed by atoms with Gasteiger partial charge < -0.3 is 10.2 Å². The second kappa shape index (κ2) is 7.61. The van der Waals surface area contributed by atoms with Gasteiger partial charge in [-0.1, -0.05) is 0 Å². The largest absolute Gasteiger partial charge is 0.385 e. The van der Waals surface area contributed by atoms with Crippen LogP contribution in [0.15, 0.2) is 29.2 Å². The van der Waals surface area contributed by atoms with Gasteiger partial charge in [-0.05, 0) is 65.2 Å². The summed E-state index contributed by atoms with van der Waals surface area (Å²) in [6, 6.07) is 7.34. The quantitative estimate of drug-likeness (QED) is 0.718. The van der Waals surface area contributed by atoms with Crippen LogP contribution in [0.25, 0.3) is 0 Å². The van der Waals surface area contributed by atoms with Crippen LogP contribution in [0.2, 0.25) is 0 Å². The van der Waals surface area contributed by atoms with Crippen molar-refractivity contribution in [2.75, 3.05) is 32.5 Å². The lowest BCUT2D eigenvalue weighted by Crippen LogP contribution is -2.28. The molecule has 0 aliphatic rings. The molecule has 0 unspecified atom stereocenters. The van der Waals surface area contributed by atoms with Crippen LogP contribution in [0, 0.1) is 0 Å². The topological polar surface area (TPSA) is 61.4 Å². The van der Waals surface area contributed by atoms with E-state index in [4.69, 9.17) is 0 Å². The van der Waals surface area contributed by atoms with Crippen molar-refractivity contribution >= 4 is 15.7 Å². The van der Waals surface area contributed by atoms with E-state index in [1.54, 1.807) is 24.3 Å². The average molecular weight is 299 g/mol. The third kappa shape index (κ3) is 5.11. The first-order valence-electron chi connectivity index (χ1n) is 6.84. The van der Waals surface area contributed by atoms with E-state index in [-0.39, 0.29) is 4.90 Å². The van der Waals surface area contributed by atoms with E-state index in [1.807, 2.05) is 0 Å². The zero-order valence-electron chi connectivity index (χ0n) is 12.7. The molecular formula is C14H25N3O2S. The molecule has 114 valence electrons. The molecule has 1 rings (SSSR count). The van der Waals surface area contributed by atoms with E-state index in [0.29, 0.717) is 6.04 Å². The number of hydrogen-bond donors (Lipinski definition) is 2. The van der Waals surface area contributed by atoms with Crippen LogP contribution in [0.1, 0.15) is 20.3 Å². The molecule has 1 aromatic rings. The minimum Gasteiger partial charge on any atom is -0.385 e. The van der Waals surface area contributed by atoms with Gasteiger partial charge in [-0.15, -0.1) is 0 Å². The number of nitrogens with zero attached hydrogens (tertiary/aromatic N) is 1. The number of anilines is 1. The van der Waals surface area contributed by atoms with Gasteiger partial charge in [-0.25, -0.2) is 13.1 Å². The lowest BCUT2D eigenvalue weighted by atomic mass is 10.3. The Labute approximate surface area is 122 Å². The normalized spacial score (nSPS) is 12.1. The molecule has 0 aliphatic carbocycles. The molecular weight excluding hydrogens is 274 g/mol. The summed E-state index contributed by atoms with van der Waals surface area (Å²) < 4.78 is 25.4. The van der Waals surface area contributed by atoms with Crippen LogP contribution < -0.4 is 10.0 Å². The van der Waals surface area contributed by atoms with E-state index in [2.05, 4.69) is 35.8 Å². The fraction of sp³-hybridized carbons (Fsp3) is 0.571. The van der Waals surface area contributed by atoms with Gasteiger partial charge in [-0.2, -0.15) is 0 Å². The van der Waals surface area contributed by atoms with Crippen LogP contribution in [-0.4, -0.2) is 46.5 Å². The van der Waals surface area contributed by atoms with Gasteiger partial charge in [0.05, 0.1) is 4.90 Å². The molecule has 5 nitrogen and oxygen atoms in total. The number of benzene rings is 1. The number of rotatable bonds is 8. The van der Waals surface area contributed by atoms with Crippen LogP contribution >= 0.6 is 0 Å². The van der Waals surface area contributed by atoms with Crippen LogP contribution in [-0.2, 0) is 10.0 Å². The number of sulfonamides is 1. The Bertz CT molecular complexity index is 498. The van der Waals surface area contributed by atoms with Crippen molar-refractivity contribution < 1.29 is 8.42 Å². The van der Waals surface area contributed by atoms with Crippen molar-refractivity contribution in [3.63, 3.8) is 0 Å². The summed E-state index contributed by atoms with van der Waals surface area (Å²) in [5, 5.41) is 3.29. The molecule has 0 bridgehead atoms. The molecule has 0 fully saturated rings. The molecule has 0 aliphatic heterocycles. The van der Waals surface area contributed by atoms with E-state index >= 15 is 0 Å². The minimum absolute atomic E-state index is 0.282. The molecule has 2 N–H and O–H groups in total. The zero-order valence-corrected chi connectivity index (χ0v) is 13.5. The second-order valence-corrected chi connectivity index (χ2v) is 6.97. The maximum atomic E-state index is 11.6. The van der Waals surface area contributed by atoms with Gasteiger partial charge in [0.2, 0.25) is 10.0 Å². The van der Waals surface area contributed by atoms with Crippen molar-refractivity contribution in [1.82, 2.24) is 9.62 Å². The van der Waals surface area contributed by atoms with Crippen molar-refractivity contribution in [1.29, 1.82) is 0 Å². The molecule has 0 amide bonds. The van der Waals surface area contributed by atoms with Gasteiger partial charge in [0.1, 0.15) is 0 Å². The van der Waals surface area contributed by atoms with Gasteiger partial charge in [0, 0.05) is 18.3 Å². The molecule has 0 radical (unpaired) electrons. The Morgan fingerprint density at radius 3 is 2.30 bits per heavy atom. The van der Waals surface area contributed by atoms with Crippen molar-refractivity contribution in [2.24, 2.45) is 0 Å². The van der Waals surface area contributed by atoms with Gasteiger partial charge in [-0.3, -0.25) is 0 Å². The Kier molecular flexibility index (Phi) is 6.45. The van der Waals surface area contributed by atoms with Gasteiger partial charge in [0.15, 0.2) is 0 Å². The highest BCUT2D eigenvalue weighted by molar-refractivity contribution is 7.89. The molecule has 0 atom stereocenters. The molecule has 0 saturated carbocycles. The highest BCUT2D eigenvalue weighted by Gasteiger charge is 2.10. The minimum atomic E-state index is -3.35. The lowest BCUT2D eigenvalue weighted by molar-refractivity contribution is 0.273. The Morgan fingerprint density at radius 2 is 1.80 bits per heavy atom. The molecule has 6 heteroatoms. The van der Waals surface area contributed by atoms with E-state index in [0.717, 1.165) is 25.2 Å². The third-order valence-corrected chi connectivity index (χ3v) is 4.76.